The van der Waals surface area contributed by atoms with Crippen LogP contribution >= 0.6 is 0 Å². The number of hydrogen-bond acceptors (Lipinski definition) is 4. The van der Waals surface area contributed by atoms with Gasteiger partial charge in [-0.1, -0.05) is 19.6 Å². The van der Waals surface area contributed by atoms with Crippen LogP contribution in [0.15, 0.2) is 9.59 Å². The highest BCUT2D eigenvalue weighted by molar-refractivity contribution is 6.84. The summed E-state index contributed by atoms with van der Waals surface area (Å²) >= 11 is 0. The molecule has 3 N–H and O–H groups in total. The van der Waals surface area contributed by atoms with Gasteiger partial charge in [-0.25, -0.2) is 4.79 Å². The molecule has 8 heteroatoms. The van der Waals surface area contributed by atoms with E-state index in [1.54, 1.807) is 13.8 Å². The zero-order valence-corrected chi connectivity index (χ0v) is 14.6. The predicted octanol–water partition coefficient (Wildman–Crippen LogP) is 0.451. The van der Waals surface area contributed by atoms with Crippen LogP contribution in [0.4, 0.5) is 11.5 Å². The van der Waals surface area contributed by atoms with Crippen LogP contribution in [-0.4, -0.2) is 23.1 Å². The molecule has 1 rings (SSSR count). The number of carbonyl (C=O) groups excluding carboxylic acids is 1. The van der Waals surface area contributed by atoms with E-state index in [1.807, 2.05) is 19.6 Å². The Morgan fingerprint density at radius 1 is 1.18 bits per heavy atom. The maximum absolute atomic E-state index is 12.3. The van der Waals surface area contributed by atoms with Crippen molar-refractivity contribution in [2.24, 2.45) is 0 Å². The van der Waals surface area contributed by atoms with Crippen molar-refractivity contribution in [3.63, 3.8) is 0 Å². The summed E-state index contributed by atoms with van der Waals surface area (Å²) in [6.45, 7) is 9.92. The molecule has 1 aromatic heterocycles. The van der Waals surface area contributed by atoms with Gasteiger partial charge in [0.25, 0.3) is 11.5 Å². The molecule has 0 unspecified atom stereocenters. The van der Waals surface area contributed by atoms with E-state index in [-0.39, 0.29) is 18.1 Å². The van der Waals surface area contributed by atoms with Crippen LogP contribution in [0, 0.1) is 11.5 Å². The Hall–Kier alpha value is -2.27. The van der Waals surface area contributed by atoms with Crippen LogP contribution in [0.2, 0.25) is 19.6 Å². The molecule has 0 spiro atoms. The Kier molecular flexibility index (Phi) is 5.38. The van der Waals surface area contributed by atoms with Crippen molar-refractivity contribution in [2.45, 2.75) is 46.6 Å². The van der Waals surface area contributed by atoms with Gasteiger partial charge in [-0.15, -0.1) is 5.54 Å². The Morgan fingerprint density at radius 2 is 1.73 bits per heavy atom. The summed E-state index contributed by atoms with van der Waals surface area (Å²) in [4.78, 5) is 36.2. The fraction of sp³-hybridized carbons (Fsp3) is 0.500. The van der Waals surface area contributed by atoms with Gasteiger partial charge in [-0.3, -0.25) is 18.7 Å². The quantitative estimate of drug-likeness (QED) is 0.623. The van der Waals surface area contributed by atoms with Gasteiger partial charge in [0.2, 0.25) is 0 Å². The molecule has 1 amide bonds. The highest BCUT2D eigenvalue weighted by Crippen LogP contribution is 2.10. The van der Waals surface area contributed by atoms with Gasteiger partial charge in [0, 0.05) is 13.1 Å². The van der Waals surface area contributed by atoms with Gasteiger partial charge in [-0.05, 0) is 19.8 Å². The van der Waals surface area contributed by atoms with Crippen molar-refractivity contribution in [3.05, 3.63) is 20.8 Å². The summed E-state index contributed by atoms with van der Waals surface area (Å²) < 4.78 is 2.27. The van der Waals surface area contributed by atoms with Crippen molar-refractivity contribution in [1.29, 1.82) is 0 Å². The average Bonchev–Trinajstić information content (AvgIpc) is 2.41. The van der Waals surface area contributed by atoms with E-state index in [4.69, 9.17) is 5.73 Å². The number of anilines is 2. The van der Waals surface area contributed by atoms with Gasteiger partial charge in [0.1, 0.15) is 19.6 Å². The van der Waals surface area contributed by atoms with E-state index >= 15 is 0 Å². The van der Waals surface area contributed by atoms with Gasteiger partial charge >= 0.3 is 5.69 Å². The molecular weight excluding hydrogens is 300 g/mol. The third-order valence-electron chi connectivity index (χ3n) is 2.89. The minimum Gasteiger partial charge on any atom is -0.383 e. The Bertz CT molecular complexity index is 760. The normalized spacial score (nSPS) is 10.8. The molecule has 0 radical (unpaired) electrons. The summed E-state index contributed by atoms with van der Waals surface area (Å²) in [5.41, 5.74) is 7.55. The van der Waals surface area contributed by atoms with Crippen LogP contribution < -0.4 is 22.3 Å². The number of nitrogens with zero attached hydrogens (tertiary/aromatic N) is 2. The number of amides is 1. The summed E-state index contributed by atoms with van der Waals surface area (Å²) in [6.07, 6.45) is 0. The molecule has 0 atom stereocenters. The first kappa shape index (κ1) is 17.8. The molecule has 120 valence electrons. The van der Waals surface area contributed by atoms with Gasteiger partial charge in [-0.2, -0.15) is 0 Å². The molecule has 0 aliphatic carbocycles. The zero-order chi connectivity index (χ0) is 17.1. The van der Waals surface area contributed by atoms with Crippen LogP contribution in [0.5, 0.6) is 0 Å². The highest BCUT2D eigenvalue weighted by Gasteiger charge is 2.17. The van der Waals surface area contributed by atoms with Crippen LogP contribution in [0.25, 0.3) is 0 Å². The topological polar surface area (TPSA) is 99.1 Å². The number of aromatic nitrogens is 2. The first-order valence-electron chi connectivity index (χ1n) is 7.09. The first-order chi connectivity index (χ1) is 10.1. The zero-order valence-electron chi connectivity index (χ0n) is 13.6. The fourth-order valence-corrected chi connectivity index (χ4v) is 2.29. The minimum atomic E-state index is -1.70. The smallest absolute Gasteiger partial charge is 0.332 e. The van der Waals surface area contributed by atoms with Crippen LogP contribution in [0.3, 0.4) is 0 Å². The molecule has 1 heterocycles. The second kappa shape index (κ2) is 6.66. The van der Waals surface area contributed by atoms with Gasteiger partial charge in [0.15, 0.2) is 0 Å². The van der Waals surface area contributed by atoms with E-state index in [0.29, 0.717) is 6.54 Å². The Balaban J connectivity index is 3.37. The molecule has 1 aromatic rings. The molecule has 0 aliphatic heterocycles. The highest BCUT2D eigenvalue weighted by atomic mass is 28.3. The molecule has 0 fully saturated rings. The number of rotatable bonds is 3. The van der Waals surface area contributed by atoms with Crippen molar-refractivity contribution < 1.29 is 4.79 Å². The first-order valence-corrected chi connectivity index (χ1v) is 10.6. The van der Waals surface area contributed by atoms with Crippen molar-refractivity contribution in [2.75, 3.05) is 11.1 Å². The second-order valence-electron chi connectivity index (χ2n) is 5.79. The number of nitrogen functional groups attached to an aromatic ring is 1. The lowest BCUT2D eigenvalue weighted by Crippen LogP contribution is -2.42. The SMILES string of the molecule is CCn1c(N)c(NC(=O)C#C[Si](C)(C)C)c(=O)n(CC)c1=O. The Morgan fingerprint density at radius 3 is 2.18 bits per heavy atom. The van der Waals surface area contributed by atoms with E-state index < -0.39 is 25.2 Å². The maximum atomic E-state index is 12.3. The third kappa shape index (κ3) is 3.89. The Labute approximate surface area is 130 Å². The molecule has 0 aromatic carbocycles. The molecule has 22 heavy (non-hydrogen) atoms. The molecule has 7 nitrogen and oxygen atoms in total. The second-order valence-corrected chi connectivity index (χ2v) is 10.5. The molecule has 0 saturated heterocycles. The number of nitrogens with two attached hydrogens (primary N) is 1. The lowest BCUT2D eigenvalue weighted by atomic mass is 10.4. The summed E-state index contributed by atoms with van der Waals surface area (Å²) in [5, 5.41) is 2.42. The molecular formula is C14H22N4O3Si. The lowest BCUT2D eigenvalue weighted by Gasteiger charge is -2.14. The third-order valence-corrected chi connectivity index (χ3v) is 3.76. The fourth-order valence-electron chi connectivity index (χ4n) is 1.81. The van der Waals surface area contributed by atoms with E-state index in [0.717, 1.165) is 4.57 Å². The standard InChI is InChI=1S/C14H22N4O3Si/c1-6-17-12(15)11(13(20)18(7-2)14(17)21)16-10(19)8-9-22(3,4)5/h6-7,15H2,1-5H3,(H,16,19). The predicted molar refractivity (Wildman–Crippen MR) is 90.5 cm³/mol. The van der Waals surface area contributed by atoms with E-state index in [9.17, 15) is 14.4 Å². The summed E-state index contributed by atoms with van der Waals surface area (Å²) in [7, 11) is -1.70. The van der Waals surface area contributed by atoms with E-state index in [2.05, 4.69) is 16.8 Å². The van der Waals surface area contributed by atoms with Crippen LogP contribution in [-0.2, 0) is 17.9 Å². The lowest BCUT2D eigenvalue weighted by molar-refractivity contribution is -0.111. The largest absolute Gasteiger partial charge is 0.383 e. The van der Waals surface area contributed by atoms with Crippen molar-refractivity contribution >= 4 is 25.5 Å². The van der Waals surface area contributed by atoms with Crippen LogP contribution in [0.1, 0.15) is 13.8 Å². The van der Waals surface area contributed by atoms with E-state index in [1.165, 1.54) is 4.57 Å². The minimum absolute atomic E-state index is 0.0506. The molecule has 0 aliphatic rings. The number of hydrogen-bond donors (Lipinski definition) is 2. The van der Waals surface area contributed by atoms with Gasteiger partial charge < -0.3 is 11.1 Å². The number of carbonyl (C=O) groups is 1. The van der Waals surface area contributed by atoms with Gasteiger partial charge in [0.05, 0.1) is 0 Å². The molecule has 0 bridgehead atoms. The summed E-state index contributed by atoms with van der Waals surface area (Å²) in [6, 6.07) is 0. The monoisotopic (exact) mass is 322 g/mol. The summed E-state index contributed by atoms with van der Waals surface area (Å²) in [5.74, 6) is 1.83. The van der Waals surface area contributed by atoms with Crippen molar-refractivity contribution in [1.82, 2.24) is 9.13 Å². The average molecular weight is 322 g/mol. The molecule has 0 saturated carbocycles. The van der Waals surface area contributed by atoms with Crippen molar-refractivity contribution in [3.8, 4) is 11.5 Å². The maximum Gasteiger partial charge on any atom is 0.332 e. The number of nitrogens with one attached hydrogen (secondary N) is 1.